The van der Waals surface area contributed by atoms with Crippen LogP contribution >= 0.6 is 11.8 Å². The van der Waals surface area contributed by atoms with Crippen molar-refractivity contribution in [1.82, 2.24) is 0 Å². The number of methoxy groups -OCH3 is 1. The van der Waals surface area contributed by atoms with E-state index in [-0.39, 0.29) is 5.97 Å². The number of carbonyl (C=O) groups excluding carboxylic acids is 1. The second-order valence-corrected chi connectivity index (χ2v) is 6.38. The van der Waals surface area contributed by atoms with Crippen molar-refractivity contribution in [2.45, 2.75) is 64.7 Å². The topological polar surface area (TPSA) is 26.3 Å². The van der Waals surface area contributed by atoms with Crippen LogP contribution in [0.3, 0.4) is 0 Å². The van der Waals surface area contributed by atoms with E-state index in [1.807, 2.05) is 23.9 Å². The van der Waals surface area contributed by atoms with Gasteiger partial charge >= 0.3 is 5.97 Å². The number of thioether (sulfide) groups is 1. The van der Waals surface area contributed by atoms with E-state index < -0.39 is 0 Å². The maximum absolute atomic E-state index is 10.9. The van der Waals surface area contributed by atoms with Crippen LogP contribution in [0.15, 0.2) is 30.0 Å². The van der Waals surface area contributed by atoms with Gasteiger partial charge in [-0.05, 0) is 43.6 Å². The number of rotatable bonds is 14. The first kappa shape index (κ1) is 21.1. The second kappa shape index (κ2) is 18.1. The summed E-state index contributed by atoms with van der Waals surface area (Å²) in [5.41, 5.74) is 3.10. The van der Waals surface area contributed by atoms with Crippen molar-refractivity contribution in [3.05, 3.63) is 30.0 Å². The molecule has 0 spiro atoms. The molecule has 0 N–H and O–H groups in total. The summed E-state index contributed by atoms with van der Waals surface area (Å²) in [6.07, 6.45) is 18.9. The van der Waals surface area contributed by atoms with E-state index in [2.05, 4.69) is 29.5 Å². The highest BCUT2D eigenvalue weighted by Gasteiger charge is 1.94. The van der Waals surface area contributed by atoms with E-state index in [1.165, 1.54) is 45.6 Å². The van der Waals surface area contributed by atoms with Crippen molar-refractivity contribution in [2.24, 2.45) is 0 Å². The smallest absolute Gasteiger partial charge is 0.305 e. The average molecular weight is 325 g/mol. The Hall–Kier alpha value is -0.920. The van der Waals surface area contributed by atoms with Crippen LogP contribution in [-0.2, 0) is 9.53 Å². The molecule has 0 fully saturated rings. The summed E-state index contributed by atoms with van der Waals surface area (Å²) in [7, 11) is 1.42. The van der Waals surface area contributed by atoms with Crippen molar-refractivity contribution < 1.29 is 9.53 Å². The zero-order valence-electron chi connectivity index (χ0n) is 14.3. The fraction of sp³-hybridized carbons (Fsp3) is 0.684. The van der Waals surface area contributed by atoms with E-state index in [9.17, 15) is 4.79 Å². The fourth-order valence-electron chi connectivity index (χ4n) is 1.90. The fourth-order valence-corrected chi connectivity index (χ4v) is 2.59. The van der Waals surface area contributed by atoms with Gasteiger partial charge in [0.05, 0.1) is 7.11 Å². The van der Waals surface area contributed by atoms with E-state index in [4.69, 9.17) is 0 Å². The Labute approximate surface area is 141 Å². The lowest BCUT2D eigenvalue weighted by molar-refractivity contribution is -0.140. The van der Waals surface area contributed by atoms with Gasteiger partial charge in [0, 0.05) is 12.2 Å². The minimum absolute atomic E-state index is 0.162. The van der Waals surface area contributed by atoms with E-state index in [1.54, 1.807) is 0 Å². The SMILES string of the molecule is CCCCCCC/C=C\CCSCC=C=CCCC(=O)OC. The Morgan fingerprint density at radius 1 is 1.05 bits per heavy atom. The molecule has 0 aromatic rings. The van der Waals surface area contributed by atoms with E-state index in [0.29, 0.717) is 12.8 Å². The quantitative estimate of drug-likeness (QED) is 0.178. The number of ether oxygens (including phenoxy) is 1. The number of hydrogen-bond acceptors (Lipinski definition) is 3. The van der Waals surface area contributed by atoms with Crippen molar-refractivity contribution >= 4 is 17.7 Å². The molecule has 0 saturated carbocycles. The van der Waals surface area contributed by atoms with Gasteiger partial charge in [0.2, 0.25) is 0 Å². The Morgan fingerprint density at radius 2 is 1.82 bits per heavy atom. The molecular weight excluding hydrogens is 292 g/mol. The molecule has 0 aliphatic heterocycles. The van der Waals surface area contributed by atoms with Crippen LogP contribution in [-0.4, -0.2) is 24.6 Å². The van der Waals surface area contributed by atoms with Crippen LogP contribution in [0.1, 0.15) is 64.7 Å². The maximum atomic E-state index is 10.9. The van der Waals surface area contributed by atoms with Gasteiger partial charge < -0.3 is 4.74 Å². The molecule has 0 radical (unpaired) electrons. The lowest BCUT2D eigenvalue weighted by atomic mass is 10.1. The van der Waals surface area contributed by atoms with E-state index in [0.717, 1.165) is 17.9 Å². The highest BCUT2D eigenvalue weighted by atomic mass is 32.2. The molecule has 0 atom stereocenters. The molecule has 2 nitrogen and oxygen atoms in total. The monoisotopic (exact) mass is 324 g/mol. The van der Waals surface area contributed by atoms with Crippen LogP contribution in [0.4, 0.5) is 0 Å². The summed E-state index contributed by atoms with van der Waals surface area (Å²) in [6.45, 7) is 2.25. The second-order valence-electron chi connectivity index (χ2n) is 5.23. The van der Waals surface area contributed by atoms with Gasteiger partial charge in [-0.2, -0.15) is 11.8 Å². The van der Waals surface area contributed by atoms with Gasteiger partial charge in [0.1, 0.15) is 0 Å². The highest BCUT2D eigenvalue weighted by molar-refractivity contribution is 7.99. The third-order valence-electron chi connectivity index (χ3n) is 3.23. The zero-order chi connectivity index (χ0) is 16.3. The molecule has 0 saturated heterocycles. The lowest BCUT2D eigenvalue weighted by Gasteiger charge is -1.96. The first-order valence-corrected chi connectivity index (χ1v) is 9.65. The van der Waals surface area contributed by atoms with E-state index >= 15 is 0 Å². The Morgan fingerprint density at radius 3 is 2.59 bits per heavy atom. The Balaban J connectivity index is 3.31. The zero-order valence-corrected chi connectivity index (χ0v) is 15.1. The average Bonchev–Trinajstić information content (AvgIpc) is 2.54. The standard InChI is InChI=1S/C19H32O2S/c1-3-4-5-6-7-8-9-11-14-17-22-18-15-12-10-13-16-19(20)21-2/h9-11,15H,3-8,13-14,16-18H2,1-2H3/b11-9-. The predicted octanol–water partition coefficient (Wildman–Crippen LogP) is 5.69. The summed E-state index contributed by atoms with van der Waals surface area (Å²) in [5, 5.41) is 0. The molecule has 0 aliphatic rings. The first-order valence-electron chi connectivity index (χ1n) is 8.50. The number of allylic oxidation sites excluding steroid dienone is 2. The summed E-state index contributed by atoms with van der Waals surface area (Å²) >= 11 is 1.92. The number of unbranched alkanes of at least 4 members (excludes halogenated alkanes) is 5. The third-order valence-corrected chi connectivity index (χ3v) is 4.15. The molecule has 0 unspecified atom stereocenters. The number of hydrogen-bond donors (Lipinski definition) is 0. The first-order chi connectivity index (χ1) is 10.8. The Bertz CT molecular complexity index is 341. The molecule has 0 rings (SSSR count). The molecule has 22 heavy (non-hydrogen) atoms. The summed E-state index contributed by atoms with van der Waals surface area (Å²) in [6, 6.07) is 0. The normalized spacial score (nSPS) is 10.5. The van der Waals surface area contributed by atoms with Gasteiger partial charge in [-0.1, -0.05) is 44.8 Å². The summed E-state index contributed by atoms with van der Waals surface area (Å²) < 4.78 is 4.57. The molecule has 0 aromatic heterocycles. The third kappa shape index (κ3) is 17.1. The minimum Gasteiger partial charge on any atom is -0.469 e. The van der Waals surface area contributed by atoms with Gasteiger partial charge in [-0.15, -0.1) is 5.73 Å². The van der Waals surface area contributed by atoms with Gasteiger partial charge in [0.15, 0.2) is 0 Å². The van der Waals surface area contributed by atoms with Crippen LogP contribution in [0.2, 0.25) is 0 Å². The molecule has 3 heteroatoms. The summed E-state index contributed by atoms with van der Waals surface area (Å²) in [5.74, 6) is 1.98. The molecule has 126 valence electrons. The molecule has 0 aromatic carbocycles. The molecular formula is C19H32O2S. The van der Waals surface area contributed by atoms with Gasteiger partial charge in [-0.25, -0.2) is 0 Å². The molecule has 0 aliphatic carbocycles. The van der Waals surface area contributed by atoms with Gasteiger partial charge in [-0.3, -0.25) is 4.79 Å². The van der Waals surface area contributed by atoms with Crippen molar-refractivity contribution in [3.63, 3.8) is 0 Å². The van der Waals surface area contributed by atoms with Crippen molar-refractivity contribution in [3.8, 4) is 0 Å². The van der Waals surface area contributed by atoms with Crippen LogP contribution in [0.25, 0.3) is 0 Å². The van der Waals surface area contributed by atoms with Crippen LogP contribution in [0.5, 0.6) is 0 Å². The number of carbonyl (C=O) groups is 1. The van der Waals surface area contributed by atoms with Crippen LogP contribution < -0.4 is 0 Å². The lowest BCUT2D eigenvalue weighted by Crippen LogP contribution is -1.97. The molecule has 0 bridgehead atoms. The summed E-state index contributed by atoms with van der Waals surface area (Å²) in [4.78, 5) is 10.9. The Kier molecular flexibility index (Phi) is 17.4. The highest BCUT2D eigenvalue weighted by Crippen LogP contribution is 2.07. The van der Waals surface area contributed by atoms with Crippen molar-refractivity contribution in [2.75, 3.05) is 18.6 Å². The number of esters is 1. The largest absolute Gasteiger partial charge is 0.469 e. The minimum atomic E-state index is -0.162. The maximum Gasteiger partial charge on any atom is 0.305 e. The van der Waals surface area contributed by atoms with Crippen LogP contribution in [0, 0.1) is 0 Å². The predicted molar refractivity (Wildman–Crippen MR) is 98.4 cm³/mol. The van der Waals surface area contributed by atoms with Gasteiger partial charge in [0.25, 0.3) is 0 Å². The van der Waals surface area contributed by atoms with Crippen molar-refractivity contribution in [1.29, 1.82) is 0 Å². The molecule has 0 heterocycles. The molecule has 0 amide bonds.